The van der Waals surface area contributed by atoms with E-state index in [1.807, 2.05) is 29.2 Å². The van der Waals surface area contributed by atoms with E-state index in [9.17, 15) is 14.7 Å². The molecule has 9 heteroatoms. The maximum Gasteiger partial charge on any atom is 0.304 e. The van der Waals surface area contributed by atoms with Gasteiger partial charge < -0.3 is 19.5 Å². The Hall–Kier alpha value is -4.24. The number of benzene rings is 3. The lowest BCUT2D eigenvalue weighted by atomic mass is 9.85. The summed E-state index contributed by atoms with van der Waals surface area (Å²) in [5.41, 5.74) is 6.19. The van der Waals surface area contributed by atoms with Gasteiger partial charge in [-0.1, -0.05) is 29.5 Å². The second-order valence-corrected chi connectivity index (χ2v) is 9.70. The Kier molecular flexibility index (Phi) is 6.51. The number of ether oxygens (including phenoxy) is 2. The van der Waals surface area contributed by atoms with Crippen molar-refractivity contribution in [3.05, 3.63) is 88.5 Å². The SMILES string of the molecule is O=C(O)CC1c2ccc3c(c2)CN(CC3)C(=O)c2ccc(cc2)OCCOCCn2nnc3cc1ccc32. The van der Waals surface area contributed by atoms with Gasteiger partial charge in [-0.25, -0.2) is 4.68 Å². The summed E-state index contributed by atoms with van der Waals surface area (Å²) in [7, 11) is 0. The molecule has 6 heterocycles. The van der Waals surface area contributed by atoms with Crippen LogP contribution >= 0.6 is 0 Å². The molecule has 0 aliphatic carbocycles. The molecule has 5 aliphatic rings. The van der Waals surface area contributed by atoms with Gasteiger partial charge in [0.15, 0.2) is 0 Å². The highest BCUT2D eigenvalue weighted by Gasteiger charge is 2.25. The predicted octanol–water partition coefficient (Wildman–Crippen LogP) is 3.65. The van der Waals surface area contributed by atoms with Crippen LogP contribution in [0.2, 0.25) is 0 Å². The molecule has 38 heavy (non-hydrogen) atoms. The molecule has 1 unspecified atom stereocenters. The zero-order valence-electron chi connectivity index (χ0n) is 20.9. The van der Waals surface area contributed by atoms with E-state index in [4.69, 9.17) is 9.47 Å². The first-order chi connectivity index (χ1) is 18.5. The second kappa shape index (κ2) is 10.3. The van der Waals surface area contributed by atoms with Crippen molar-refractivity contribution in [2.45, 2.75) is 31.8 Å². The minimum Gasteiger partial charge on any atom is -0.491 e. The van der Waals surface area contributed by atoms with Crippen LogP contribution in [0.15, 0.2) is 60.7 Å². The van der Waals surface area contributed by atoms with Gasteiger partial charge in [0.25, 0.3) is 5.91 Å². The number of aromatic nitrogens is 3. The highest BCUT2D eigenvalue weighted by Crippen LogP contribution is 2.33. The molecule has 1 atom stereocenters. The monoisotopic (exact) mass is 512 g/mol. The van der Waals surface area contributed by atoms with Crippen LogP contribution in [0.25, 0.3) is 11.0 Å². The zero-order chi connectivity index (χ0) is 26.1. The van der Waals surface area contributed by atoms with E-state index < -0.39 is 5.97 Å². The number of hydrogen-bond acceptors (Lipinski definition) is 6. The molecule has 0 fully saturated rings. The molecular weight excluding hydrogens is 484 g/mol. The van der Waals surface area contributed by atoms with Gasteiger partial charge in [0.1, 0.15) is 17.9 Å². The fraction of sp³-hybridized carbons (Fsp3) is 0.310. The van der Waals surface area contributed by atoms with E-state index in [1.54, 1.807) is 28.9 Å². The van der Waals surface area contributed by atoms with E-state index in [0.29, 0.717) is 56.3 Å². The molecular formula is C29H28N4O5. The smallest absolute Gasteiger partial charge is 0.304 e. The Bertz CT molecular complexity index is 1500. The topological polar surface area (TPSA) is 107 Å². The Balaban J connectivity index is 1.39. The summed E-state index contributed by atoms with van der Waals surface area (Å²) in [5.74, 6) is -0.580. The minimum absolute atomic E-state index is 0.0336. The molecule has 0 saturated heterocycles. The second-order valence-electron chi connectivity index (χ2n) is 9.70. The van der Waals surface area contributed by atoms with E-state index in [2.05, 4.69) is 22.4 Å². The van der Waals surface area contributed by atoms with Crippen molar-refractivity contribution < 1.29 is 24.2 Å². The van der Waals surface area contributed by atoms with Crippen molar-refractivity contribution in [1.82, 2.24) is 19.9 Å². The van der Waals surface area contributed by atoms with Crippen molar-refractivity contribution >= 4 is 22.9 Å². The zero-order valence-corrected chi connectivity index (χ0v) is 20.9. The lowest BCUT2D eigenvalue weighted by Crippen LogP contribution is -2.36. The largest absolute Gasteiger partial charge is 0.491 e. The third kappa shape index (κ3) is 4.84. The molecule has 1 aromatic heterocycles. The molecule has 0 saturated carbocycles. The summed E-state index contributed by atoms with van der Waals surface area (Å²) in [5, 5.41) is 18.3. The van der Waals surface area contributed by atoms with Crippen LogP contribution in [-0.4, -0.2) is 63.2 Å². The molecule has 1 amide bonds. The Morgan fingerprint density at radius 3 is 2.61 bits per heavy atom. The van der Waals surface area contributed by atoms with Crippen LogP contribution in [0.4, 0.5) is 0 Å². The summed E-state index contributed by atoms with van der Waals surface area (Å²) >= 11 is 0. The first kappa shape index (κ1) is 24.1. The van der Waals surface area contributed by atoms with E-state index >= 15 is 0 Å². The first-order valence-corrected chi connectivity index (χ1v) is 12.8. The van der Waals surface area contributed by atoms with Crippen LogP contribution in [0.1, 0.15) is 45.0 Å². The van der Waals surface area contributed by atoms with Crippen LogP contribution in [0.3, 0.4) is 0 Å². The van der Waals surface area contributed by atoms with Gasteiger partial charge in [-0.2, -0.15) is 0 Å². The van der Waals surface area contributed by atoms with Gasteiger partial charge >= 0.3 is 5.97 Å². The standard InChI is InChI=1S/C29H28N4O5/c34-28(35)17-25-21-2-1-19-9-10-32(18-23(19)15-21)29(36)20-3-6-24(7-4-20)38-14-13-37-12-11-33-27-8-5-22(25)16-26(27)30-31-33/h1-8,15-16,25H,9-14,17-18H2,(H,34,35). The lowest BCUT2D eigenvalue weighted by molar-refractivity contribution is -0.137. The number of carboxylic acid groups (broad SMARTS) is 1. The van der Waals surface area contributed by atoms with E-state index in [-0.39, 0.29) is 18.2 Å². The van der Waals surface area contributed by atoms with Gasteiger partial charge in [-0.15, -0.1) is 5.10 Å². The maximum atomic E-state index is 13.3. The lowest BCUT2D eigenvalue weighted by Gasteiger charge is -2.30. The van der Waals surface area contributed by atoms with E-state index in [0.717, 1.165) is 28.6 Å². The van der Waals surface area contributed by atoms with Crippen molar-refractivity contribution in [3.8, 4) is 5.75 Å². The number of aliphatic carboxylic acids is 1. The summed E-state index contributed by atoms with van der Waals surface area (Å²) in [4.78, 5) is 27.0. The van der Waals surface area contributed by atoms with Crippen molar-refractivity contribution in [2.24, 2.45) is 0 Å². The van der Waals surface area contributed by atoms with Crippen molar-refractivity contribution in [1.29, 1.82) is 0 Å². The van der Waals surface area contributed by atoms with Crippen LogP contribution in [0.5, 0.6) is 5.75 Å². The highest BCUT2D eigenvalue weighted by molar-refractivity contribution is 5.94. The average molecular weight is 513 g/mol. The summed E-state index contributed by atoms with van der Waals surface area (Å²) in [6.45, 7) is 2.90. The molecule has 0 spiro atoms. The number of rotatable bonds is 2. The summed E-state index contributed by atoms with van der Waals surface area (Å²) in [6, 6.07) is 19.2. The Morgan fingerprint density at radius 1 is 0.947 bits per heavy atom. The van der Waals surface area contributed by atoms with E-state index in [1.165, 1.54) is 5.56 Å². The first-order valence-electron chi connectivity index (χ1n) is 12.8. The minimum atomic E-state index is -0.876. The Morgan fingerprint density at radius 2 is 1.76 bits per heavy atom. The fourth-order valence-corrected chi connectivity index (χ4v) is 5.29. The summed E-state index contributed by atoms with van der Waals surface area (Å²) in [6.07, 6.45) is 0.699. The molecule has 0 radical (unpaired) electrons. The predicted molar refractivity (Wildman–Crippen MR) is 139 cm³/mol. The summed E-state index contributed by atoms with van der Waals surface area (Å²) < 4.78 is 13.3. The van der Waals surface area contributed by atoms with Gasteiger partial charge in [0, 0.05) is 24.6 Å². The molecule has 3 aromatic carbocycles. The molecule has 5 aliphatic heterocycles. The molecule has 1 N–H and O–H groups in total. The third-order valence-corrected chi connectivity index (χ3v) is 7.30. The molecule has 4 aromatic rings. The van der Waals surface area contributed by atoms with Crippen molar-refractivity contribution in [3.63, 3.8) is 0 Å². The van der Waals surface area contributed by atoms with Crippen molar-refractivity contribution in [2.75, 3.05) is 26.4 Å². The number of carbonyl (C=O) groups is 2. The maximum absolute atomic E-state index is 13.3. The number of hydrogen-bond donors (Lipinski definition) is 1. The quantitative estimate of drug-likeness (QED) is 0.437. The molecule has 194 valence electrons. The third-order valence-electron chi connectivity index (χ3n) is 7.30. The number of nitrogens with zero attached hydrogens (tertiary/aromatic N) is 4. The van der Waals surface area contributed by atoms with Crippen LogP contribution < -0.4 is 4.74 Å². The van der Waals surface area contributed by atoms with Gasteiger partial charge in [0.05, 0.1) is 31.7 Å². The number of carboxylic acids is 1. The number of amides is 1. The molecule has 9 bridgehead atoms. The Labute approximate surface area is 219 Å². The fourth-order valence-electron chi connectivity index (χ4n) is 5.29. The molecule has 9 nitrogen and oxygen atoms in total. The molecule has 9 rings (SSSR count). The van der Waals surface area contributed by atoms with Gasteiger partial charge in [-0.05, 0) is 65.1 Å². The van der Waals surface area contributed by atoms with Gasteiger partial charge in [-0.3, -0.25) is 9.59 Å². The van der Waals surface area contributed by atoms with Crippen LogP contribution in [-0.2, 0) is 29.0 Å². The van der Waals surface area contributed by atoms with Gasteiger partial charge in [0.2, 0.25) is 0 Å². The van der Waals surface area contributed by atoms with Crippen LogP contribution in [0, 0.1) is 0 Å². The number of carbonyl (C=O) groups excluding carboxylic acids is 1. The normalized spacial score (nSPS) is 17.9. The average Bonchev–Trinajstić information content (AvgIpc) is 3.34. The highest BCUT2D eigenvalue weighted by atomic mass is 16.5.